The third-order valence-corrected chi connectivity index (χ3v) is 10.1. The predicted molar refractivity (Wildman–Crippen MR) is 245 cm³/mol. The number of aliphatic carboxylic acids is 1. The van der Waals surface area contributed by atoms with Crippen LogP contribution in [0.1, 0.15) is 181 Å². The van der Waals surface area contributed by atoms with Crippen LogP contribution in [0.25, 0.3) is 0 Å². The molecule has 0 N–H and O–H groups in total. The van der Waals surface area contributed by atoms with Gasteiger partial charge in [0.15, 0.2) is 6.10 Å². The molecule has 0 spiro atoms. The fourth-order valence-electron chi connectivity index (χ4n) is 6.51. The van der Waals surface area contributed by atoms with Crippen LogP contribution in [-0.4, -0.2) is 75.5 Å². The fourth-order valence-corrected chi connectivity index (χ4v) is 6.51. The molecule has 338 valence electrons. The molecule has 2 atom stereocenters. The van der Waals surface area contributed by atoms with E-state index >= 15 is 0 Å². The molecule has 0 amide bonds. The maximum absolute atomic E-state index is 12.7. The van der Waals surface area contributed by atoms with E-state index in [4.69, 9.17) is 14.2 Å². The number of quaternary nitrogens is 1. The van der Waals surface area contributed by atoms with E-state index in [1.165, 1.54) is 83.5 Å². The van der Waals surface area contributed by atoms with Gasteiger partial charge in [-0.05, 0) is 51.4 Å². The first-order chi connectivity index (χ1) is 28.6. The van der Waals surface area contributed by atoms with Gasteiger partial charge in [0, 0.05) is 19.3 Å². The van der Waals surface area contributed by atoms with Gasteiger partial charge in [-0.15, -0.1) is 0 Å². The summed E-state index contributed by atoms with van der Waals surface area (Å²) in [6.07, 6.45) is 52.3. The van der Waals surface area contributed by atoms with Crippen molar-refractivity contribution in [2.24, 2.45) is 0 Å². The predicted octanol–water partition coefficient (Wildman–Crippen LogP) is 11.8. The Balaban J connectivity index is 4.43. The number of likely N-dealkylation sites (N-methyl/N-ethyl adjacent to an activating group) is 1. The van der Waals surface area contributed by atoms with Crippen molar-refractivity contribution in [1.82, 2.24) is 0 Å². The number of rotatable bonds is 41. The summed E-state index contributed by atoms with van der Waals surface area (Å²) >= 11 is 0. The Morgan fingerprint density at radius 3 is 1.37 bits per heavy atom. The Labute approximate surface area is 361 Å². The van der Waals surface area contributed by atoms with Gasteiger partial charge in [-0.25, -0.2) is 0 Å². The van der Waals surface area contributed by atoms with Crippen LogP contribution in [0.4, 0.5) is 0 Å². The van der Waals surface area contributed by atoms with Crippen LogP contribution in [0.3, 0.4) is 0 Å². The first-order valence-corrected chi connectivity index (χ1v) is 23.5. The van der Waals surface area contributed by atoms with E-state index in [0.717, 1.165) is 57.8 Å². The number of ether oxygens (including phenoxy) is 3. The molecule has 0 bridgehead atoms. The Bertz CT molecular complexity index is 1190. The van der Waals surface area contributed by atoms with Crippen molar-refractivity contribution in [3.63, 3.8) is 0 Å². The van der Waals surface area contributed by atoms with Crippen molar-refractivity contribution in [3.8, 4) is 0 Å². The second-order valence-electron chi connectivity index (χ2n) is 16.6. The van der Waals surface area contributed by atoms with E-state index in [-0.39, 0.29) is 49.1 Å². The molecule has 0 heterocycles. The Hall–Kier alpha value is -3.23. The van der Waals surface area contributed by atoms with Crippen LogP contribution >= 0.6 is 0 Å². The van der Waals surface area contributed by atoms with Crippen LogP contribution < -0.4 is 5.11 Å². The van der Waals surface area contributed by atoms with E-state index in [1.807, 2.05) is 12.2 Å². The molecule has 0 saturated heterocycles. The van der Waals surface area contributed by atoms with Crippen molar-refractivity contribution in [2.75, 3.05) is 41.0 Å². The van der Waals surface area contributed by atoms with Crippen molar-refractivity contribution in [1.29, 1.82) is 0 Å². The zero-order chi connectivity index (χ0) is 43.5. The molecule has 8 nitrogen and oxygen atoms in total. The zero-order valence-corrected chi connectivity index (χ0v) is 38.4. The summed E-state index contributed by atoms with van der Waals surface area (Å²) in [7, 11) is 5.38. The summed E-state index contributed by atoms with van der Waals surface area (Å²) in [6.45, 7) is 4.47. The molecule has 0 rings (SSSR count). The number of unbranched alkanes of at least 4 members (excludes halogenated alkanes) is 15. The number of nitrogens with zero attached hydrogens (tertiary/aromatic N) is 1. The van der Waals surface area contributed by atoms with E-state index in [2.05, 4.69) is 74.6 Å². The minimum Gasteiger partial charge on any atom is -0.544 e. The largest absolute Gasteiger partial charge is 0.544 e. The highest BCUT2D eigenvalue weighted by Crippen LogP contribution is 2.15. The lowest BCUT2D eigenvalue weighted by Crippen LogP contribution is -2.55. The summed E-state index contributed by atoms with van der Waals surface area (Å²) in [6, 6.07) is -0.738. The van der Waals surface area contributed by atoms with Gasteiger partial charge >= 0.3 is 11.9 Å². The van der Waals surface area contributed by atoms with Gasteiger partial charge in [-0.2, -0.15) is 0 Å². The van der Waals surface area contributed by atoms with Crippen molar-refractivity contribution < 1.29 is 38.2 Å². The number of hydrogen-bond acceptors (Lipinski definition) is 7. The number of carboxylic acids is 1. The van der Waals surface area contributed by atoms with Crippen molar-refractivity contribution in [2.45, 2.75) is 193 Å². The minimum absolute atomic E-state index is 0.0159. The first kappa shape index (κ1) is 55.8. The number of hydrogen-bond donors (Lipinski definition) is 0. The molecule has 0 aromatic carbocycles. The summed E-state index contributed by atoms with van der Waals surface area (Å²) in [5, 5.41) is 11.6. The Kier molecular flexibility index (Phi) is 39.2. The summed E-state index contributed by atoms with van der Waals surface area (Å²) < 4.78 is 17.1. The molecule has 8 heteroatoms. The molecule has 0 saturated carbocycles. The Morgan fingerprint density at radius 1 is 0.525 bits per heavy atom. The highest BCUT2D eigenvalue weighted by atomic mass is 16.6. The normalized spacial score (nSPS) is 13.6. The maximum Gasteiger partial charge on any atom is 0.306 e. The van der Waals surface area contributed by atoms with E-state index in [1.54, 1.807) is 21.1 Å². The van der Waals surface area contributed by atoms with Crippen LogP contribution in [-0.2, 0) is 28.6 Å². The van der Waals surface area contributed by atoms with Gasteiger partial charge in [0.1, 0.15) is 12.6 Å². The molecule has 0 aliphatic heterocycles. The number of allylic oxidation sites excluding steroid dienone is 12. The highest BCUT2D eigenvalue weighted by Gasteiger charge is 2.25. The monoisotopic (exact) mass is 826 g/mol. The van der Waals surface area contributed by atoms with Crippen LogP contribution in [0, 0.1) is 0 Å². The van der Waals surface area contributed by atoms with Crippen LogP contribution in [0.15, 0.2) is 72.9 Å². The zero-order valence-electron chi connectivity index (χ0n) is 38.4. The average Bonchev–Trinajstić information content (AvgIpc) is 3.19. The van der Waals surface area contributed by atoms with Gasteiger partial charge in [-0.1, -0.05) is 183 Å². The van der Waals surface area contributed by atoms with E-state index in [9.17, 15) is 19.5 Å². The van der Waals surface area contributed by atoms with Crippen LogP contribution in [0.2, 0.25) is 0 Å². The lowest BCUT2D eigenvalue weighted by Gasteiger charge is -2.34. The molecule has 0 fully saturated rings. The third-order valence-electron chi connectivity index (χ3n) is 10.1. The van der Waals surface area contributed by atoms with Gasteiger partial charge in [0.05, 0.1) is 40.3 Å². The lowest BCUT2D eigenvalue weighted by atomic mass is 10.0. The van der Waals surface area contributed by atoms with Gasteiger partial charge < -0.3 is 28.6 Å². The number of carboxylic acid groups (broad SMARTS) is 1. The first-order valence-electron chi connectivity index (χ1n) is 23.5. The second-order valence-corrected chi connectivity index (χ2v) is 16.6. The molecule has 0 aromatic rings. The number of esters is 2. The molecule has 2 unspecified atom stereocenters. The molecular weight excluding hydrogens is 739 g/mol. The Morgan fingerprint density at radius 2 is 0.949 bits per heavy atom. The third kappa shape index (κ3) is 40.0. The second kappa shape index (κ2) is 41.5. The van der Waals surface area contributed by atoms with Crippen molar-refractivity contribution >= 4 is 17.9 Å². The van der Waals surface area contributed by atoms with Crippen LogP contribution in [0.5, 0.6) is 0 Å². The fraction of sp³-hybridized carbons (Fsp3) is 0.706. The van der Waals surface area contributed by atoms with Gasteiger partial charge in [-0.3, -0.25) is 9.59 Å². The van der Waals surface area contributed by atoms with E-state index in [0.29, 0.717) is 12.8 Å². The minimum atomic E-state index is -1.14. The summed E-state index contributed by atoms with van der Waals surface area (Å²) in [5.41, 5.74) is 0. The maximum atomic E-state index is 12.7. The molecule has 0 aliphatic rings. The SMILES string of the molecule is CC/C=C/C/C=C/C/C=C/C/C=C/C/C=C/C/C=C/CCC(=O)OCC(COCCC(C(=O)[O-])[N+](C)(C)C)OC(=O)CCCCCCCCCCCCCCCCCC. The molecular formula is C51H87NO7. The average molecular weight is 826 g/mol. The van der Waals surface area contributed by atoms with Crippen molar-refractivity contribution in [3.05, 3.63) is 72.9 Å². The quantitative estimate of drug-likeness (QED) is 0.0262. The molecule has 59 heavy (non-hydrogen) atoms. The van der Waals surface area contributed by atoms with Gasteiger partial charge in [0.2, 0.25) is 0 Å². The highest BCUT2D eigenvalue weighted by molar-refractivity contribution is 5.70. The number of carbonyl (C=O) groups is 3. The smallest absolute Gasteiger partial charge is 0.306 e. The van der Waals surface area contributed by atoms with E-state index < -0.39 is 18.1 Å². The summed E-state index contributed by atoms with van der Waals surface area (Å²) in [4.78, 5) is 36.9. The molecule has 0 aromatic heterocycles. The summed E-state index contributed by atoms with van der Waals surface area (Å²) in [5.74, 6) is -1.84. The lowest BCUT2D eigenvalue weighted by molar-refractivity contribution is -0.889. The standard InChI is InChI=1S/C51H87NO7/c1-6-8-10-12-14-16-18-20-22-24-25-26-28-29-31-33-35-37-39-41-49(53)58-46-47(45-57-44-43-48(51(55)56)52(3,4)5)59-50(54)42-40-38-36-34-32-30-27-23-21-19-17-15-13-11-9-7-2/h8,10,14,16,20,22,25-26,29,31,35,37,47-48H,6-7,9,11-13,15,17-19,21,23-24,27-28,30,32-34,36,38-46H2,1-5H3/b10-8+,16-14+,22-20+,26-25+,31-29+,37-35+. The number of carbonyl (C=O) groups excluding carboxylic acids is 3. The topological polar surface area (TPSA) is 102 Å². The molecule has 0 aliphatic carbocycles. The molecule has 0 radical (unpaired) electrons. The van der Waals surface area contributed by atoms with Gasteiger partial charge in [0.25, 0.3) is 0 Å².